The highest BCUT2D eigenvalue weighted by atomic mass is 31.2. The van der Waals surface area contributed by atoms with Gasteiger partial charge in [-0.1, -0.05) is 0 Å². The third-order valence-electron chi connectivity index (χ3n) is 19.9. The molecule has 618 valence electrons. The summed E-state index contributed by atoms with van der Waals surface area (Å²) in [6.07, 6.45) is 21.1. The van der Waals surface area contributed by atoms with Crippen LogP contribution in [0, 0.1) is 0 Å². The maximum absolute atomic E-state index is 11.9. The molecule has 6 aliphatic heterocycles. The van der Waals surface area contributed by atoms with Gasteiger partial charge in [-0.2, -0.15) is 0 Å². The van der Waals surface area contributed by atoms with E-state index in [0.29, 0.717) is 38.7 Å². The molecular weight excluding hydrogens is 1540 g/mol. The number of aromatic amines is 10. The second-order valence-electron chi connectivity index (χ2n) is 32.7. The molecule has 6 aliphatic rings. The molecule has 2 bridgehead atoms. The van der Waals surface area contributed by atoms with E-state index in [9.17, 15) is 83.7 Å². The van der Waals surface area contributed by atoms with Crippen LogP contribution in [-0.2, 0) is 37.9 Å². The first-order valence-electron chi connectivity index (χ1n) is 35.5. The molecule has 5 aromatic rings. The largest absolute Gasteiger partial charge is 0.388 e. The Bertz CT molecular complexity index is 4580. The smallest absolute Gasteiger partial charge is 0.325 e. The van der Waals surface area contributed by atoms with Crippen molar-refractivity contribution >= 4 is 65.9 Å². The number of hydrogen-bond donors (Lipinski definition) is 17. The molecule has 5 unspecified atom stereocenters. The standard InChI is InChI=1S/C14H21N2O5P.4C14H23N2O5P/c1-22(2,3)5-4-14-7-20-10(11(14)17)9(21-14)8-6-15-13(19)16-12(8)18;1-14(5-6-22(2,3)4)11(18)9(17)10(21-14)8-7-15-13(20)16-12(8)19;2*1-20-12-10(17)9(5-6-22(2,3)4)21-11(12)8-7-15-14(19)16-13(8)18;1-14(20)10(17)9(5-6-22(2,3)4)21-11(14)8-7-15-13(19)16-12(8)18/h6,9-11,17H,1,4-5,7H2,2-3H3,(H2,15,16,18,19);7,9-11,17-18H,2,5-6H2,1,3-4H3,(H2,15,16,19,20);2*7,9-12,17H,2,5-6H2,1,3-4H3,(H2,15,16,18,19);7,9-11,17,20H,2,5-6H2,1,3-4H3,(H2,15,16,18,19)/t9?,10-,11-,14-;9-,10?,11-,14+;2*9-,10-,11?,12-;9-,10-,11?,14-/m00111/s1. The second-order valence-corrected chi connectivity index (χ2v) is 54.3. The number of aliphatic hydroxyl groups is 7. The zero-order valence-corrected chi connectivity index (χ0v) is 69.2. The predicted molar refractivity (Wildman–Crippen MR) is 435 cm³/mol. The Kier molecular flexibility index (Phi) is 30.3. The minimum Gasteiger partial charge on any atom is -0.388 e. The van der Waals surface area contributed by atoms with E-state index in [-0.39, 0.29) is 27.8 Å². The Hall–Kier alpha value is -5.70. The molecule has 17 N–H and O–H groups in total. The van der Waals surface area contributed by atoms with Crippen molar-refractivity contribution in [2.24, 2.45) is 0 Å². The summed E-state index contributed by atoms with van der Waals surface area (Å²) in [6, 6.07) is 0. The Morgan fingerprint density at radius 2 is 0.745 bits per heavy atom. The lowest BCUT2D eigenvalue weighted by molar-refractivity contribution is -0.148. The van der Waals surface area contributed by atoms with Crippen molar-refractivity contribution in [2.45, 2.75) is 167 Å². The molecule has 6 fully saturated rings. The fraction of sp³-hybridized carbons (Fsp3) is 0.643. The van der Waals surface area contributed by atoms with Crippen molar-refractivity contribution < 1.29 is 73.6 Å². The molecule has 0 amide bonds. The fourth-order valence-electron chi connectivity index (χ4n) is 13.4. The summed E-state index contributed by atoms with van der Waals surface area (Å²) < 4.78 is 45.6. The number of aliphatic hydroxyl groups excluding tert-OH is 6. The Balaban J connectivity index is 0.000000191. The summed E-state index contributed by atoms with van der Waals surface area (Å²) >= 11 is 0. The molecule has 5 aromatic heterocycles. The molecule has 110 heavy (non-hydrogen) atoms. The van der Waals surface area contributed by atoms with E-state index in [2.05, 4.69) is 148 Å². The summed E-state index contributed by atoms with van der Waals surface area (Å²) in [5, 5.41) is 72.7. The summed E-state index contributed by atoms with van der Waals surface area (Å²) in [6.45, 7) is 18.2. The molecule has 40 heteroatoms. The van der Waals surface area contributed by atoms with Crippen LogP contribution in [0.4, 0.5) is 0 Å². The first-order chi connectivity index (χ1) is 50.7. The van der Waals surface area contributed by atoms with Crippen LogP contribution in [0.15, 0.2) is 78.9 Å². The van der Waals surface area contributed by atoms with E-state index in [1.807, 2.05) is 0 Å². The summed E-state index contributed by atoms with van der Waals surface area (Å²) in [5.74, 6) is 0. The quantitative estimate of drug-likeness (QED) is 0.0374. The molecule has 0 spiro atoms. The van der Waals surface area contributed by atoms with Crippen LogP contribution in [0.1, 0.15) is 104 Å². The molecular formula is C70H113N10O25P5. The third-order valence-corrected chi connectivity index (χ3v) is 27.1. The fourth-order valence-corrected chi connectivity index (χ4v) is 18.3. The lowest BCUT2D eigenvalue weighted by Crippen LogP contribution is -2.43. The molecule has 11 rings (SSSR count). The van der Waals surface area contributed by atoms with Crippen LogP contribution < -0.4 is 56.2 Å². The SMILES string of the molecule is C=P(C)(C)CC[C@@]1(C)OC(c2c[nH]c(=O)[nH]c2=O)[C@H](O)[C@@H]1O.C=P(C)(C)CC[C@@]12CO[C@@H](C(c3c[nH]c(=O)[nH]c3=O)O1)[C@@H]2O.C=P(C)(C)CC[C@H]1OC(c2c[nH]c(=O)[nH]c2=O)[C@H](OC)[C@@H]1O.C=P(C)(C)CC[C@H]1OC(c2c[nH]c(=O)[nH]c2=O)[C@H](OC)[C@@H]1O.C=P(C)(C)CC[C@H]1OC(c2c[nH]c(=O)[nH]c2=O)[C@](C)(O)[C@@H]1O. The van der Waals surface area contributed by atoms with E-state index in [1.165, 1.54) is 52.1 Å². The van der Waals surface area contributed by atoms with E-state index in [1.54, 1.807) is 6.92 Å². The van der Waals surface area contributed by atoms with Gasteiger partial charge in [-0.05, 0) is 143 Å². The van der Waals surface area contributed by atoms with Crippen molar-refractivity contribution in [1.29, 1.82) is 0 Å². The van der Waals surface area contributed by atoms with Gasteiger partial charge in [0.15, 0.2) is 0 Å². The van der Waals surface area contributed by atoms with Gasteiger partial charge in [0.25, 0.3) is 27.8 Å². The summed E-state index contributed by atoms with van der Waals surface area (Å²) in [7, 11) is 2.93. The lowest BCUT2D eigenvalue weighted by atomic mass is 9.89. The molecule has 35 nitrogen and oxygen atoms in total. The van der Waals surface area contributed by atoms with Crippen LogP contribution in [0.2, 0.25) is 0 Å². The topological polar surface area (TPSA) is 544 Å². The average molecular weight is 1650 g/mol. The number of H-pyrrole nitrogens is 10. The number of nitrogens with one attached hydrogen (secondary N) is 10. The minimum absolute atomic E-state index is 0.0924. The molecule has 0 saturated carbocycles. The van der Waals surface area contributed by atoms with Gasteiger partial charge in [-0.25, -0.2) is 24.0 Å². The number of fused-ring (bicyclic) bond motifs is 2. The Morgan fingerprint density at radius 1 is 0.418 bits per heavy atom. The number of rotatable bonds is 22. The van der Waals surface area contributed by atoms with Crippen LogP contribution in [0.25, 0.3) is 0 Å². The van der Waals surface area contributed by atoms with Crippen molar-refractivity contribution in [1.82, 2.24) is 49.8 Å². The molecule has 6 saturated heterocycles. The number of ether oxygens (including phenoxy) is 8. The van der Waals surface area contributed by atoms with Crippen molar-refractivity contribution in [2.75, 3.05) is 118 Å². The number of hydrogen-bond acceptors (Lipinski definition) is 25. The summed E-state index contributed by atoms with van der Waals surface area (Å²) in [4.78, 5) is 138. The Labute approximate surface area is 634 Å². The van der Waals surface area contributed by atoms with Crippen LogP contribution >= 0.6 is 34.4 Å². The van der Waals surface area contributed by atoms with Crippen LogP contribution in [0.3, 0.4) is 0 Å². The van der Waals surface area contributed by atoms with Crippen LogP contribution in [0.5, 0.6) is 0 Å². The van der Waals surface area contributed by atoms with Gasteiger partial charge in [0.2, 0.25) is 0 Å². The Morgan fingerprint density at radius 3 is 1.09 bits per heavy atom. The monoisotopic (exact) mass is 1650 g/mol. The van der Waals surface area contributed by atoms with E-state index >= 15 is 0 Å². The predicted octanol–water partition coefficient (Wildman–Crippen LogP) is -0.883. The maximum atomic E-state index is 11.9. The van der Waals surface area contributed by atoms with Gasteiger partial charge < -0.3 is 98.6 Å². The molecule has 11 heterocycles. The van der Waals surface area contributed by atoms with Crippen molar-refractivity contribution in [3.8, 4) is 0 Å². The average Bonchev–Trinajstić information content (AvgIpc) is 1.58. The lowest BCUT2D eigenvalue weighted by Gasteiger charge is -2.31. The van der Waals surface area contributed by atoms with Gasteiger partial charge in [0.1, 0.15) is 96.7 Å². The summed E-state index contributed by atoms with van der Waals surface area (Å²) in [5.41, 5.74) is -8.25. The van der Waals surface area contributed by atoms with Gasteiger partial charge in [0.05, 0.1) is 58.3 Å². The highest BCUT2D eigenvalue weighted by Crippen LogP contribution is 2.52. The third kappa shape index (κ3) is 23.5. The zero-order chi connectivity index (χ0) is 82.5. The number of methoxy groups -OCH3 is 2. The van der Waals surface area contributed by atoms with E-state index in [0.717, 1.165) is 30.8 Å². The van der Waals surface area contributed by atoms with Gasteiger partial charge >= 0.3 is 28.4 Å². The normalized spacial score (nSPS) is 31.3. The molecule has 0 aromatic carbocycles. The van der Waals surface area contributed by atoms with E-state index < -0.39 is 211 Å². The van der Waals surface area contributed by atoms with Gasteiger partial charge in [-0.3, -0.25) is 48.9 Å². The molecule has 0 aliphatic carbocycles. The minimum atomic E-state index is -1.61. The highest BCUT2D eigenvalue weighted by Gasteiger charge is 2.62. The second kappa shape index (κ2) is 36.4. The van der Waals surface area contributed by atoms with Gasteiger partial charge in [-0.15, -0.1) is 65.9 Å². The first kappa shape index (κ1) is 91.5. The maximum Gasteiger partial charge on any atom is 0.325 e. The zero-order valence-electron chi connectivity index (χ0n) is 64.7. The highest BCUT2D eigenvalue weighted by molar-refractivity contribution is 7.73. The van der Waals surface area contributed by atoms with Crippen LogP contribution in [-0.4, -0.2) is 325 Å². The van der Waals surface area contributed by atoms with Crippen molar-refractivity contribution in [3.63, 3.8) is 0 Å². The van der Waals surface area contributed by atoms with Crippen molar-refractivity contribution in [3.05, 3.63) is 163 Å². The molecule has 20 atom stereocenters. The van der Waals surface area contributed by atoms with E-state index in [4.69, 9.17) is 37.9 Å². The molecule has 0 radical (unpaired) electrons. The number of aromatic nitrogens is 10. The first-order valence-corrected chi connectivity index (χ1v) is 50.8. The van der Waals surface area contributed by atoms with Gasteiger partial charge in [0, 0.05) is 45.2 Å².